The number of carbonyl (C=O) groups is 2. The highest BCUT2D eigenvalue weighted by molar-refractivity contribution is 6.07. The van der Waals surface area contributed by atoms with Gasteiger partial charge in [-0.1, -0.05) is 37.3 Å². The number of hydrogen-bond donors (Lipinski definition) is 1. The van der Waals surface area contributed by atoms with Crippen molar-refractivity contribution < 1.29 is 14.3 Å². The number of ether oxygens (including phenoxy) is 1. The summed E-state index contributed by atoms with van der Waals surface area (Å²) in [5.74, 6) is -0.331. The lowest BCUT2D eigenvalue weighted by molar-refractivity contribution is -0.130. The predicted molar refractivity (Wildman–Crippen MR) is 70.5 cm³/mol. The fourth-order valence-electron chi connectivity index (χ4n) is 2.26. The summed E-state index contributed by atoms with van der Waals surface area (Å²) in [6, 6.07) is 8.85. The molecule has 0 radical (unpaired) electrons. The average Bonchev–Trinajstić information content (AvgIpc) is 2.64. The van der Waals surface area contributed by atoms with Crippen LogP contribution in [0.5, 0.6) is 0 Å². The van der Waals surface area contributed by atoms with E-state index in [0.717, 1.165) is 12.0 Å². The Kier molecular flexibility index (Phi) is 3.85. The van der Waals surface area contributed by atoms with Crippen LogP contribution in [0.3, 0.4) is 0 Å². The molecule has 1 unspecified atom stereocenters. The first kappa shape index (κ1) is 13.5. The number of amides is 3. The maximum atomic E-state index is 12.3. The number of likely N-dealkylation sites (N-methyl/N-ethyl adjacent to an activating group) is 1. The van der Waals surface area contributed by atoms with Crippen molar-refractivity contribution in [3.8, 4) is 0 Å². The van der Waals surface area contributed by atoms with E-state index in [1.807, 2.05) is 37.3 Å². The first-order valence-electron chi connectivity index (χ1n) is 6.35. The molecule has 5 heteroatoms. The van der Waals surface area contributed by atoms with Gasteiger partial charge >= 0.3 is 6.03 Å². The number of rotatable bonds is 5. The number of imide groups is 1. The van der Waals surface area contributed by atoms with Gasteiger partial charge in [0.1, 0.15) is 0 Å². The van der Waals surface area contributed by atoms with E-state index in [0.29, 0.717) is 6.61 Å². The predicted octanol–water partition coefficient (Wildman–Crippen LogP) is 1.49. The standard InChI is InChI=1S/C14H18N2O3/c1-3-9-19-10-14(11-7-5-4-6-8-11)12(17)15-13(18)16(14)2/h4-8H,3,9-10H2,1-2H3,(H,15,17,18). The summed E-state index contributed by atoms with van der Waals surface area (Å²) in [7, 11) is 1.61. The summed E-state index contributed by atoms with van der Waals surface area (Å²) in [5.41, 5.74) is -0.301. The number of nitrogens with one attached hydrogen (secondary N) is 1. The van der Waals surface area contributed by atoms with E-state index in [9.17, 15) is 9.59 Å². The number of carbonyl (C=O) groups excluding carboxylic acids is 2. The number of benzene rings is 1. The molecule has 0 aromatic heterocycles. The van der Waals surface area contributed by atoms with E-state index in [2.05, 4.69) is 5.32 Å². The van der Waals surface area contributed by atoms with Crippen LogP contribution < -0.4 is 5.32 Å². The van der Waals surface area contributed by atoms with E-state index >= 15 is 0 Å². The van der Waals surface area contributed by atoms with Crippen LogP contribution in [0.25, 0.3) is 0 Å². The molecule has 19 heavy (non-hydrogen) atoms. The lowest BCUT2D eigenvalue weighted by Crippen LogP contribution is -2.48. The smallest absolute Gasteiger partial charge is 0.325 e. The summed E-state index contributed by atoms with van der Waals surface area (Å²) in [5, 5.41) is 2.35. The highest BCUT2D eigenvalue weighted by atomic mass is 16.5. The van der Waals surface area contributed by atoms with Crippen LogP contribution >= 0.6 is 0 Å². The van der Waals surface area contributed by atoms with E-state index < -0.39 is 11.6 Å². The van der Waals surface area contributed by atoms with Crippen molar-refractivity contribution in [2.75, 3.05) is 20.3 Å². The molecule has 1 heterocycles. The zero-order chi connectivity index (χ0) is 13.9. The van der Waals surface area contributed by atoms with E-state index in [1.54, 1.807) is 7.05 Å². The molecule has 0 saturated carbocycles. The zero-order valence-corrected chi connectivity index (χ0v) is 11.2. The third-order valence-corrected chi connectivity index (χ3v) is 3.38. The second-order valence-corrected chi connectivity index (χ2v) is 4.60. The van der Waals surface area contributed by atoms with Crippen molar-refractivity contribution in [1.29, 1.82) is 0 Å². The van der Waals surface area contributed by atoms with Crippen LogP contribution in [0, 0.1) is 0 Å². The fourth-order valence-corrected chi connectivity index (χ4v) is 2.26. The molecule has 5 nitrogen and oxygen atoms in total. The van der Waals surface area contributed by atoms with Gasteiger partial charge < -0.3 is 9.64 Å². The van der Waals surface area contributed by atoms with Crippen molar-refractivity contribution in [3.63, 3.8) is 0 Å². The topological polar surface area (TPSA) is 58.6 Å². The number of nitrogens with zero attached hydrogens (tertiary/aromatic N) is 1. The summed E-state index contributed by atoms with van der Waals surface area (Å²) in [6.45, 7) is 2.72. The number of urea groups is 1. The Balaban J connectivity index is 2.39. The minimum Gasteiger partial charge on any atom is -0.378 e. The van der Waals surface area contributed by atoms with Gasteiger partial charge in [-0.2, -0.15) is 0 Å². The first-order valence-corrected chi connectivity index (χ1v) is 6.35. The molecule has 0 spiro atoms. The molecule has 3 amide bonds. The molecule has 1 aliphatic heterocycles. The van der Waals surface area contributed by atoms with Crippen molar-refractivity contribution in [1.82, 2.24) is 10.2 Å². The molecular formula is C14H18N2O3. The van der Waals surface area contributed by atoms with Crippen molar-refractivity contribution in [2.45, 2.75) is 18.9 Å². The van der Waals surface area contributed by atoms with E-state index in [4.69, 9.17) is 4.74 Å². The monoisotopic (exact) mass is 262 g/mol. The molecule has 1 aliphatic rings. The molecule has 0 bridgehead atoms. The molecule has 2 rings (SSSR count). The van der Waals surface area contributed by atoms with E-state index in [1.165, 1.54) is 4.90 Å². The van der Waals surface area contributed by atoms with Gasteiger partial charge in [-0.05, 0) is 12.0 Å². The molecule has 1 aromatic carbocycles. The highest BCUT2D eigenvalue weighted by Crippen LogP contribution is 2.32. The first-order chi connectivity index (χ1) is 9.13. The summed E-state index contributed by atoms with van der Waals surface area (Å²) in [4.78, 5) is 25.4. The number of hydrogen-bond acceptors (Lipinski definition) is 3. The second kappa shape index (κ2) is 5.40. The lowest BCUT2D eigenvalue weighted by atomic mass is 9.89. The van der Waals surface area contributed by atoms with E-state index in [-0.39, 0.29) is 12.5 Å². The van der Waals surface area contributed by atoms with Crippen LogP contribution in [0.4, 0.5) is 4.79 Å². The van der Waals surface area contributed by atoms with Crippen LogP contribution in [0.1, 0.15) is 18.9 Å². The van der Waals surface area contributed by atoms with Crippen molar-refractivity contribution in [2.24, 2.45) is 0 Å². The third kappa shape index (κ3) is 2.21. The Morgan fingerprint density at radius 3 is 2.47 bits per heavy atom. The Morgan fingerprint density at radius 2 is 1.95 bits per heavy atom. The molecule has 1 atom stereocenters. The second-order valence-electron chi connectivity index (χ2n) is 4.60. The normalized spacial score (nSPS) is 22.7. The molecule has 102 valence electrons. The zero-order valence-electron chi connectivity index (χ0n) is 11.2. The lowest BCUT2D eigenvalue weighted by Gasteiger charge is -2.32. The Morgan fingerprint density at radius 1 is 1.26 bits per heavy atom. The summed E-state index contributed by atoms with van der Waals surface area (Å²) >= 11 is 0. The molecule has 1 N–H and O–H groups in total. The Labute approximate surface area is 112 Å². The van der Waals surface area contributed by atoms with Gasteiger partial charge in [-0.3, -0.25) is 10.1 Å². The molecule has 1 saturated heterocycles. The molecule has 0 aliphatic carbocycles. The maximum absolute atomic E-state index is 12.3. The maximum Gasteiger partial charge on any atom is 0.325 e. The van der Waals surface area contributed by atoms with Gasteiger partial charge in [0.15, 0.2) is 5.54 Å². The van der Waals surface area contributed by atoms with Gasteiger partial charge in [0.05, 0.1) is 6.61 Å². The molecule has 1 fully saturated rings. The molecular weight excluding hydrogens is 244 g/mol. The van der Waals surface area contributed by atoms with Gasteiger partial charge in [0, 0.05) is 13.7 Å². The van der Waals surface area contributed by atoms with Crippen molar-refractivity contribution >= 4 is 11.9 Å². The molecule has 1 aromatic rings. The van der Waals surface area contributed by atoms with Crippen LogP contribution in [-0.4, -0.2) is 37.1 Å². The Bertz CT molecular complexity index is 475. The SMILES string of the molecule is CCCOCC1(c2ccccc2)C(=O)NC(=O)N1C. The third-order valence-electron chi connectivity index (χ3n) is 3.38. The minimum absolute atomic E-state index is 0.166. The highest BCUT2D eigenvalue weighted by Gasteiger charge is 2.52. The van der Waals surface area contributed by atoms with Crippen LogP contribution in [0.15, 0.2) is 30.3 Å². The average molecular weight is 262 g/mol. The summed E-state index contributed by atoms with van der Waals surface area (Å²) < 4.78 is 5.56. The van der Waals surface area contributed by atoms with Gasteiger partial charge in [-0.25, -0.2) is 4.79 Å². The van der Waals surface area contributed by atoms with Crippen LogP contribution in [-0.2, 0) is 15.1 Å². The fraction of sp³-hybridized carbons (Fsp3) is 0.429. The van der Waals surface area contributed by atoms with Gasteiger partial charge in [0.25, 0.3) is 5.91 Å². The van der Waals surface area contributed by atoms with Crippen molar-refractivity contribution in [3.05, 3.63) is 35.9 Å². The van der Waals surface area contributed by atoms with Gasteiger partial charge in [0.2, 0.25) is 0 Å². The Hall–Kier alpha value is -1.88. The quantitative estimate of drug-likeness (QED) is 0.646. The largest absolute Gasteiger partial charge is 0.378 e. The minimum atomic E-state index is -1.06. The van der Waals surface area contributed by atoms with Crippen LogP contribution in [0.2, 0.25) is 0 Å². The summed E-state index contributed by atoms with van der Waals surface area (Å²) in [6.07, 6.45) is 0.865. The van der Waals surface area contributed by atoms with Gasteiger partial charge in [-0.15, -0.1) is 0 Å².